The Hall–Kier alpha value is -0.880. The van der Waals surface area contributed by atoms with Crippen molar-refractivity contribution in [3.05, 3.63) is 17.7 Å². The quantitative estimate of drug-likeness (QED) is 0.773. The van der Waals surface area contributed by atoms with Gasteiger partial charge in [-0.3, -0.25) is 0 Å². The third-order valence-corrected chi connectivity index (χ3v) is 6.44. The number of sulfonamides is 1. The highest BCUT2D eigenvalue weighted by Crippen LogP contribution is 2.23. The molecule has 0 spiro atoms. The van der Waals surface area contributed by atoms with E-state index in [1.807, 2.05) is 13.1 Å². The summed E-state index contributed by atoms with van der Waals surface area (Å²) in [7, 11) is -3.07. The van der Waals surface area contributed by atoms with Gasteiger partial charge in [0.1, 0.15) is 5.82 Å². The van der Waals surface area contributed by atoms with E-state index in [4.69, 9.17) is 0 Å². The van der Waals surface area contributed by atoms with Crippen molar-refractivity contribution in [1.82, 2.24) is 13.9 Å². The molecule has 6 heteroatoms. The Morgan fingerprint density at radius 1 is 1.32 bits per heavy atom. The summed E-state index contributed by atoms with van der Waals surface area (Å²) in [6, 6.07) is 0. The van der Waals surface area contributed by atoms with Crippen molar-refractivity contribution in [2.24, 2.45) is 5.92 Å². The summed E-state index contributed by atoms with van der Waals surface area (Å²) in [4.78, 5) is 4.55. The van der Waals surface area contributed by atoms with E-state index in [1.165, 1.54) is 5.69 Å². The standard InChI is InChI=1S/C16H29N3O2S/c1-4-8-19-14(3)12-17-16(19)11-15-7-6-9-18(13-15)22(20,21)10-5-2/h12,15H,4-11,13H2,1-3H3. The van der Waals surface area contributed by atoms with E-state index in [9.17, 15) is 8.42 Å². The Balaban J connectivity index is 2.05. The molecule has 1 unspecified atom stereocenters. The zero-order valence-electron chi connectivity index (χ0n) is 14.1. The van der Waals surface area contributed by atoms with Gasteiger partial charge in [-0.15, -0.1) is 0 Å². The van der Waals surface area contributed by atoms with Crippen LogP contribution in [0.1, 0.15) is 51.0 Å². The lowest BCUT2D eigenvalue weighted by Crippen LogP contribution is -2.41. The molecule has 22 heavy (non-hydrogen) atoms. The monoisotopic (exact) mass is 327 g/mol. The third-order valence-electron chi connectivity index (χ3n) is 4.39. The molecule has 0 aliphatic carbocycles. The predicted octanol–water partition coefficient (Wildman–Crippen LogP) is 2.60. The van der Waals surface area contributed by atoms with Crippen LogP contribution in [0.25, 0.3) is 0 Å². The van der Waals surface area contributed by atoms with Crippen molar-refractivity contribution in [1.29, 1.82) is 0 Å². The lowest BCUT2D eigenvalue weighted by atomic mass is 9.96. The number of hydrogen-bond acceptors (Lipinski definition) is 3. The first-order chi connectivity index (χ1) is 10.5. The third kappa shape index (κ3) is 4.10. The highest BCUT2D eigenvalue weighted by Gasteiger charge is 2.29. The second kappa shape index (κ2) is 7.59. The van der Waals surface area contributed by atoms with E-state index in [2.05, 4.69) is 23.4 Å². The van der Waals surface area contributed by atoms with Crippen molar-refractivity contribution in [2.45, 2.75) is 59.4 Å². The summed E-state index contributed by atoms with van der Waals surface area (Å²) in [5.74, 6) is 1.76. The van der Waals surface area contributed by atoms with Crippen LogP contribution in [0.2, 0.25) is 0 Å². The summed E-state index contributed by atoms with van der Waals surface area (Å²) in [5, 5.41) is 0. The summed E-state index contributed by atoms with van der Waals surface area (Å²) in [5.41, 5.74) is 1.20. The first kappa shape index (κ1) is 17.5. The minimum absolute atomic E-state index is 0.267. The largest absolute Gasteiger partial charge is 0.332 e. The molecule has 0 N–H and O–H groups in total. The fraction of sp³-hybridized carbons (Fsp3) is 0.812. The molecule has 2 heterocycles. The minimum Gasteiger partial charge on any atom is -0.332 e. The van der Waals surface area contributed by atoms with Crippen LogP contribution in [-0.2, 0) is 23.0 Å². The van der Waals surface area contributed by atoms with E-state index in [0.29, 0.717) is 25.4 Å². The van der Waals surface area contributed by atoms with E-state index in [0.717, 1.165) is 38.1 Å². The van der Waals surface area contributed by atoms with Gasteiger partial charge in [-0.2, -0.15) is 0 Å². The Labute approximate surface area is 134 Å². The Kier molecular flexibility index (Phi) is 6.03. The van der Waals surface area contributed by atoms with Crippen LogP contribution in [0.15, 0.2) is 6.20 Å². The minimum atomic E-state index is -3.07. The summed E-state index contributed by atoms with van der Waals surface area (Å²) >= 11 is 0. The summed E-state index contributed by atoms with van der Waals surface area (Å²) < 4.78 is 28.5. The molecule has 1 aromatic rings. The van der Waals surface area contributed by atoms with Gasteiger partial charge < -0.3 is 4.57 Å². The molecule has 2 rings (SSSR count). The lowest BCUT2D eigenvalue weighted by molar-refractivity contribution is 0.261. The average molecular weight is 327 g/mol. The van der Waals surface area contributed by atoms with Crippen molar-refractivity contribution >= 4 is 10.0 Å². The summed E-state index contributed by atoms with van der Waals surface area (Å²) in [6.45, 7) is 8.50. The average Bonchev–Trinajstić information content (AvgIpc) is 2.81. The van der Waals surface area contributed by atoms with Gasteiger partial charge in [0.25, 0.3) is 0 Å². The van der Waals surface area contributed by atoms with E-state index < -0.39 is 10.0 Å². The number of nitrogens with zero attached hydrogens (tertiary/aromatic N) is 3. The molecule has 0 bridgehead atoms. The molecular formula is C16H29N3O2S. The second-order valence-electron chi connectivity index (χ2n) is 6.35. The van der Waals surface area contributed by atoms with Crippen LogP contribution in [0, 0.1) is 12.8 Å². The van der Waals surface area contributed by atoms with Crippen LogP contribution in [-0.4, -0.2) is 41.1 Å². The van der Waals surface area contributed by atoms with E-state index in [-0.39, 0.29) is 5.75 Å². The molecule has 0 radical (unpaired) electrons. The van der Waals surface area contributed by atoms with Crippen LogP contribution in [0.3, 0.4) is 0 Å². The molecule has 1 aliphatic rings. The first-order valence-corrected chi connectivity index (χ1v) is 10.1. The zero-order chi connectivity index (χ0) is 16.2. The Morgan fingerprint density at radius 2 is 2.09 bits per heavy atom. The first-order valence-electron chi connectivity index (χ1n) is 8.46. The highest BCUT2D eigenvalue weighted by atomic mass is 32.2. The normalized spacial score (nSPS) is 20.4. The summed E-state index contributed by atoms with van der Waals surface area (Å²) in [6.07, 6.45) is 6.64. The molecule has 0 saturated carbocycles. The second-order valence-corrected chi connectivity index (χ2v) is 8.44. The lowest BCUT2D eigenvalue weighted by Gasteiger charge is -2.32. The fourth-order valence-corrected chi connectivity index (χ4v) is 4.91. The van der Waals surface area contributed by atoms with Crippen molar-refractivity contribution in [2.75, 3.05) is 18.8 Å². The molecular weight excluding hydrogens is 298 g/mol. The topological polar surface area (TPSA) is 55.2 Å². The number of aryl methyl sites for hydroxylation is 1. The maximum atomic E-state index is 12.3. The number of piperidine rings is 1. The maximum absolute atomic E-state index is 12.3. The smallest absolute Gasteiger partial charge is 0.214 e. The van der Waals surface area contributed by atoms with Gasteiger partial charge in [-0.05, 0) is 38.5 Å². The van der Waals surface area contributed by atoms with Crippen molar-refractivity contribution in [3.63, 3.8) is 0 Å². The van der Waals surface area contributed by atoms with Gasteiger partial charge >= 0.3 is 0 Å². The zero-order valence-corrected chi connectivity index (χ0v) is 14.9. The molecule has 1 fully saturated rings. The van der Waals surface area contributed by atoms with E-state index >= 15 is 0 Å². The molecule has 1 atom stereocenters. The fourth-order valence-electron chi connectivity index (χ4n) is 3.29. The number of imidazole rings is 1. The number of hydrogen-bond donors (Lipinski definition) is 0. The molecule has 1 aliphatic heterocycles. The van der Waals surface area contributed by atoms with Gasteiger partial charge in [0.05, 0.1) is 5.75 Å². The maximum Gasteiger partial charge on any atom is 0.214 e. The number of aromatic nitrogens is 2. The van der Waals surface area contributed by atoms with Crippen LogP contribution in [0.5, 0.6) is 0 Å². The van der Waals surface area contributed by atoms with Crippen molar-refractivity contribution in [3.8, 4) is 0 Å². The van der Waals surface area contributed by atoms with Crippen molar-refractivity contribution < 1.29 is 8.42 Å². The molecule has 0 aromatic carbocycles. The van der Waals surface area contributed by atoms with Gasteiger partial charge in [-0.1, -0.05) is 13.8 Å². The van der Waals surface area contributed by atoms with Crippen LogP contribution >= 0.6 is 0 Å². The Bertz CT molecular complexity index is 580. The van der Waals surface area contributed by atoms with Gasteiger partial charge in [-0.25, -0.2) is 17.7 Å². The van der Waals surface area contributed by atoms with Gasteiger partial charge in [0.2, 0.25) is 10.0 Å². The Morgan fingerprint density at radius 3 is 2.77 bits per heavy atom. The SMILES string of the molecule is CCCn1c(C)cnc1CC1CCCN(S(=O)(=O)CCC)C1. The van der Waals surface area contributed by atoms with Gasteiger partial charge in [0, 0.05) is 37.9 Å². The molecule has 0 amide bonds. The molecule has 1 saturated heterocycles. The van der Waals surface area contributed by atoms with Crippen LogP contribution < -0.4 is 0 Å². The number of rotatable bonds is 7. The molecule has 5 nitrogen and oxygen atoms in total. The van der Waals surface area contributed by atoms with Crippen LogP contribution in [0.4, 0.5) is 0 Å². The van der Waals surface area contributed by atoms with E-state index in [1.54, 1.807) is 4.31 Å². The van der Waals surface area contributed by atoms with Gasteiger partial charge in [0.15, 0.2) is 0 Å². The molecule has 1 aromatic heterocycles. The predicted molar refractivity (Wildman–Crippen MR) is 89.3 cm³/mol. The molecule has 126 valence electrons. The highest BCUT2D eigenvalue weighted by molar-refractivity contribution is 7.89.